The highest BCUT2D eigenvalue weighted by atomic mass is 32.2. The Hall–Kier alpha value is -3.46. The van der Waals surface area contributed by atoms with Crippen molar-refractivity contribution in [3.05, 3.63) is 72.6 Å². The third-order valence-corrected chi connectivity index (χ3v) is 6.92. The molecule has 0 unspecified atom stereocenters. The SMILES string of the molecule is CCC(C)(C)c1ccc(OCCCC(=O)Nc2ccc(S(=O)(=O)Nc3ncccn3)cc2)cc1. The van der Waals surface area contributed by atoms with E-state index in [2.05, 4.69) is 52.9 Å². The number of aromatic nitrogens is 2. The van der Waals surface area contributed by atoms with Gasteiger partial charge in [-0.3, -0.25) is 4.79 Å². The Bertz CT molecular complexity index is 1180. The number of rotatable bonds is 11. The second-order valence-electron chi connectivity index (χ2n) is 8.46. The molecule has 0 atom stereocenters. The molecule has 1 amide bonds. The van der Waals surface area contributed by atoms with Crippen molar-refractivity contribution in [3.63, 3.8) is 0 Å². The highest BCUT2D eigenvalue weighted by Gasteiger charge is 2.18. The second-order valence-corrected chi connectivity index (χ2v) is 10.1. The lowest BCUT2D eigenvalue weighted by molar-refractivity contribution is -0.116. The largest absolute Gasteiger partial charge is 0.494 e. The highest BCUT2D eigenvalue weighted by Crippen LogP contribution is 2.28. The Morgan fingerprint density at radius 2 is 1.65 bits per heavy atom. The summed E-state index contributed by atoms with van der Waals surface area (Å²) in [6.45, 7) is 7.02. The minimum Gasteiger partial charge on any atom is -0.494 e. The van der Waals surface area contributed by atoms with E-state index in [9.17, 15) is 13.2 Å². The van der Waals surface area contributed by atoms with Crippen LogP contribution in [0.1, 0.15) is 45.6 Å². The summed E-state index contributed by atoms with van der Waals surface area (Å²) in [5.41, 5.74) is 1.91. The van der Waals surface area contributed by atoms with Crippen LogP contribution in [-0.4, -0.2) is 30.9 Å². The van der Waals surface area contributed by atoms with Crippen LogP contribution in [0.5, 0.6) is 5.75 Å². The average Bonchev–Trinajstić information content (AvgIpc) is 2.83. The summed E-state index contributed by atoms with van der Waals surface area (Å²) in [7, 11) is -3.82. The van der Waals surface area contributed by atoms with Crippen LogP contribution in [0, 0.1) is 0 Å². The molecule has 3 aromatic rings. The van der Waals surface area contributed by atoms with E-state index in [-0.39, 0.29) is 28.6 Å². The van der Waals surface area contributed by atoms with Crippen LogP contribution in [0.2, 0.25) is 0 Å². The van der Waals surface area contributed by atoms with Crippen molar-refractivity contribution in [3.8, 4) is 5.75 Å². The van der Waals surface area contributed by atoms with Gasteiger partial charge >= 0.3 is 0 Å². The molecule has 0 saturated heterocycles. The van der Waals surface area contributed by atoms with Gasteiger partial charge in [-0.2, -0.15) is 0 Å². The van der Waals surface area contributed by atoms with Crippen molar-refractivity contribution >= 4 is 27.6 Å². The molecule has 1 aromatic heterocycles. The normalized spacial score (nSPS) is 11.6. The van der Waals surface area contributed by atoms with Crippen molar-refractivity contribution in [1.29, 1.82) is 0 Å². The van der Waals surface area contributed by atoms with E-state index >= 15 is 0 Å². The second kappa shape index (κ2) is 11.1. The standard InChI is InChI=1S/C25H30N4O4S/c1-4-25(2,3)19-8-12-21(13-9-19)33-18-5-7-23(30)28-20-10-14-22(15-11-20)34(31,32)29-24-26-16-6-17-27-24/h6,8-17H,4-5,7,18H2,1-3H3,(H,28,30)(H,26,27,29). The Morgan fingerprint density at radius 3 is 2.26 bits per heavy atom. The Labute approximate surface area is 200 Å². The molecule has 34 heavy (non-hydrogen) atoms. The van der Waals surface area contributed by atoms with E-state index in [4.69, 9.17) is 4.74 Å². The van der Waals surface area contributed by atoms with Crippen LogP contribution in [0.15, 0.2) is 71.9 Å². The van der Waals surface area contributed by atoms with Crippen LogP contribution >= 0.6 is 0 Å². The van der Waals surface area contributed by atoms with E-state index in [1.165, 1.54) is 42.2 Å². The van der Waals surface area contributed by atoms with E-state index in [0.29, 0.717) is 18.7 Å². The lowest BCUT2D eigenvalue weighted by Crippen LogP contribution is -2.16. The number of amides is 1. The predicted molar refractivity (Wildman–Crippen MR) is 132 cm³/mol. The molecule has 0 spiro atoms. The zero-order chi connectivity index (χ0) is 24.6. The van der Waals surface area contributed by atoms with Gasteiger partial charge < -0.3 is 10.1 Å². The highest BCUT2D eigenvalue weighted by molar-refractivity contribution is 7.92. The maximum absolute atomic E-state index is 12.4. The lowest BCUT2D eigenvalue weighted by Gasteiger charge is -2.23. The van der Waals surface area contributed by atoms with Crippen molar-refractivity contribution in [2.24, 2.45) is 0 Å². The smallest absolute Gasteiger partial charge is 0.264 e. The Kier molecular flexibility index (Phi) is 8.22. The van der Waals surface area contributed by atoms with Crippen molar-refractivity contribution in [2.45, 2.75) is 50.3 Å². The maximum atomic E-state index is 12.4. The number of hydrogen-bond donors (Lipinski definition) is 2. The number of ether oxygens (including phenoxy) is 1. The van der Waals surface area contributed by atoms with Gasteiger partial charge in [0.1, 0.15) is 5.75 Å². The van der Waals surface area contributed by atoms with Crippen LogP contribution < -0.4 is 14.8 Å². The van der Waals surface area contributed by atoms with Gasteiger partial charge in [0.25, 0.3) is 10.0 Å². The molecular formula is C25H30N4O4S. The van der Waals surface area contributed by atoms with Crippen LogP contribution in [0.25, 0.3) is 0 Å². The van der Waals surface area contributed by atoms with Gasteiger partial charge in [0.05, 0.1) is 11.5 Å². The summed E-state index contributed by atoms with van der Waals surface area (Å²) in [6.07, 6.45) is 4.78. The fourth-order valence-corrected chi connectivity index (χ4v) is 4.06. The van der Waals surface area contributed by atoms with E-state index in [0.717, 1.165) is 12.2 Å². The van der Waals surface area contributed by atoms with Crippen molar-refractivity contribution < 1.29 is 17.9 Å². The molecule has 0 radical (unpaired) electrons. The zero-order valence-corrected chi connectivity index (χ0v) is 20.4. The molecule has 2 N–H and O–H groups in total. The van der Waals surface area contributed by atoms with Gasteiger partial charge in [-0.15, -0.1) is 0 Å². The number of anilines is 2. The molecule has 0 aliphatic carbocycles. The molecule has 8 nitrogen and oxygen atoms in total. The molecular weight excluding hydrogens is 452 g/mol. The van der Waals surface area contributed by atoms with Gasteiger partial charge in [-0.05, 0) is 66.3 Å². The van der Waals surface area contributed by atoms with Gasteiger partial charge in [0.2, 0.25) is 11.9 Å². The lowest BCUT2D eigenvalue weighted by atomic mass is 9.82. The first-order valence-corrected chi connectivity index (χ1v) is 12.6. The number of hydrogen-bond acceptors (Lipinski definition) is 6. The molecule has 2 aromatic carbocycles. The molecule has 0 aliphatic rings. The molecule has 0 aliphatic heterocycles. The summed E-state index contributed by atoms with van der Waals surface area (Å²) in [4.78, 5) is 20.0. The fourth-order valence-electron chi connectivity index (χ4n) is 3.10. The number of sulfonamides is 1. The van der Waals surface area contributed by atoms with Crippen molar-refractivity contribution in [2.75, 3.05) is 16.6 Å². The predicted octanol–water partition coefficient (Wildman–Crippen LogP) is 4.76. The number of nitrogens with zero attached hydrogens (tertiary/aromatic N) is 2. The molecule has 9 heteroatoms. The first kappa shape index (κ1) is 25.2. The number of carbonyl (C=O) groups is 1. The first-order chi connectivity index (χ1) is 16.2. The summed E-state index contributed by atoms with van der Waals surface area (Å²) in [5, 5.41) is 2.77. The van der Waals surface area contributed by atoms with Gasteiger partial charge in [-0.1, -0.05) is 32.9 Å². The van der Waals surface area contributed by atoms with Crippen LogP contribution in [0.4, 0.5) is 11.6 Å². The molecule has 180 valence electrons. The van der Waals surface area contributed by atoms with E-state index < -0.39 is 10.0 Å². The molecule has 0 fully saturated rings. The Morgan fingerprint density at radius 1 is 1.00 bits per heavy atom. The van der Waals surface area contributed by atoms with Gasteiger partial charge in [0, 0.05) is 24.5 Å². The van der Waals surface area contributed by atoms with Crippen LogP contribution in [0.3, 0.4) is 0 Å². The third kappa shape index (κ3) is 7.02. The molecule has 1 heterocycles. The van der Waals surface area contributed by atoms with E-state index in [1.54, 1.807) is 6.07 Å². The summed E-state index contributed by atoms with van der Waals surface area (Å²) in [5.74, 6) is 0.597. The van der Waals surface area contributed by atoms with Crippen LogP contribution in [-0.2, 0) is 20.2 Å². The summed E-state index contributed by atoms with van der Waals surface area (Å²) >= 11 is 0. The fraction of sp³-hybridized carbons (Fsp3) is 0.320. The number of benzene rings is 2. The average molecular weight is 483 g/mol. The summed E-state index contributed by atoms with van der Waals surface area (Å²) < 4.78 is 32.9. The Balaban J connectivity index is 1.43. The summed E-state index contributed by atoms with van der Waals surface area (Å²) in [6, 6.07) is 15.6. The third-order valence-electron chi connectivity index (χ3n) is 5.58. The minimum absolute atomic E-state index is 0.0113. The molecule has 0 bridgehead atoms. The number of carbonyl (C=O) groups excluding carboxylic acids is 1. The zero-order valence-electron chi connectivity index (χ0n) is 19.6. The maximum Gasteiger partial charge on any atom is 0.264 e. The van der Waals surface area contributed by atoms with Gasteiger partial charge in [0.15, 0.2) is 0 Å². The molecule has 3 rings (SSSR count). The van der Waals surface area contributed by atoms with E-state index in [1.807, 2.05) is 12.1 Å². The first-order valence-electron chi connectivity index (χ1n) is 11.1. The number of nitrogens with one attached hydrogen (secondary N) is 2. The van der Waals surface area contributed by atoms with Crippen molar-refractivity contribution in [1.82, 2.24) is 9.97 Å². The molecule has 0 saturated carbocycles. The monoisotopic (exact) mass is 482 g/mol. The quantitative estimate of drug-likeness (QED) is 0.381. The van der Waals surface area contributed by atoms with Gasteiger partial charge in [-0.25, -0.2) is 23.1 Å². The topological polar surface area (TPSA) is 110 Å². The minimum atomic E-state index is -3.82.